The van der Waals surface area contributed by atoms with E-state index < -0.39 is 0 Å². The van der Waals surface area contributed by atoms with Gasteiger partial charge in [0.05, 0.1) is 6.17 Å². The second-order valence-electron chi connectivity index (χ2n) is 3.84. The Bertz CT molecular complexity index is 528. The molecule has 2 heterocycles. The molecule has 1 N–H and O–H groups in total. The zero-order valence-corrected chi connectivity index (χ0v) is 9.24. The number of rotatable bonds is 0. The number of fused-ring (bicyclic) bond motifs is 1. The molecule has 6 heteroatoms. The highest BCUT2D eigenvalue weighted by atomic mass is 16.2. The highest BCUT2D eigenvalue weighted by molar-refractivity contribution is 5.70. The predicted octanol–water partition coefficient (Wildman–Crippen LogP) is -0.708. The molecule has 0 bridgehead atoms. The average molecular weight is 210 g/mol. The summed E-state index contributed by atoms with van der Waals surface area (Å²) in [5.41, 5.74) is -0.0830. The molecule has 0 aromatic carbocycles. The van der Waals surface area contributed by atoms with Crippen molar-refractivity contribution in [3.63, 3.8) is 0 Å². The topological polar surface area (TPSA) is 59.3 Å². The second-order valence-corrected chi connectivity index (χ2v) is 3.84. The van der Waals surface area contributed by atoms with Crippen molar-refractivity contribution in [1.29, 1.82) is 0 Å². The lowest BCUT2D eigenvalue weighted by atomic mass is 10.4. The van der Waals surface area contributed by atoms with Gasteiger partial charge in [0.15, 0.2) is 0 Å². The van der Waals surface area contributed by atoms with E-state index in [1.54, 1.807) is 7.05 Å². The first-order valence-corrected chi connectivity index (χ1v) is 4.74. The molecule has 0 saturated heterocycles. The standard InChI is InChI=1S/C9H14N4O2/c1-5-10-6-7(11(5)2)12(3)9(15)13(4)8(6)14/h5,10H,1-4H3. The SMILES string of the molecule is CC1Nc2c(n(C)c(=O)n(C)c2=O)N1C. The maximum absolute atomic E-state index is 11.8. The smallest absolute Gasteiger partial charge is 0.332 e. The average Bonchev–Trinajstić information content (AvgIpc) is 2.50. The van der Waals surface area contributed by atoms with E-state index in [-0.39, 0.29) is 17.4 Å². The van der Waals surface area contributed by atoms with Gasteiger partial charge in [-0.25, -0.2) is 4.79 Å². The summed E-state index contributed by atoms with van der Waals surface area (Å²) in [5.74, 6) is 0.649. The highest BCUT2D eigenvalue weighted by Crippen LogP contribution is 2.27. The first-order valence-electron chi connectivity index (χ1n) is 4.74. The number of hydrogen-bond acceptors (Lipinski definition) is 4. The Hall–Kier alpha value is -1.72. The van der Waals surface area contributed by atoms with Gasteiger partial charge in [0.25, 0.3) is 5.56 Å². The van der Waals surface area contributed by atoms with Gasteiger partial charge in [0, 0.05) is 21.1 Å². The Morgan fingerprint density at radius 2 is 1.73 bits per heavy atom. The number of nitrogens with one attached hydrogen (secondary N) is 1. The molecule has 0 spiro atoms. The highest BCUT2D eigenvalue weighted by Gasteiger charge is 2.28. The van der Waals surface area contributed by atoms with Crippen LogP contribution in [0.3, 0.4) is 0 Å². The summed E-state index contributed by atoms with van der Waals surface area (Å²) in [4.78, 5) is 25.3. The minimum atomic E-state index is -0.304. The molecule has 0 saturated carbocycles. The number of nitrogens with zero attached hydrogens (tertiary/aromatic N) is 3. The summed E-state index contributed by atoms with van der Waals surface area (Å²) < 4.78 is 2.59. The van der Waals surface area contributed by atoms with E-state index in [1.165, 1.54) is 11.6 Å². The molecule has 0 radical (unpaired) electrons. The molecule has 0 aliphatic carbocycles. The molecule has 1 aliphatic heterocycles. The molecule has 82 valence electrons. The van der Waals surface area contributed by atoms with Gasteiger partial charge >= 0.3 is 5.69 Å². The Morgan fingerprint density at radius 1 is 1.13 bits per heavy atom. The molecule has 1 aromatic heterocycles. The lowest BCUT2D eigenvalue weighted by molar-refractivity contribution is 0.682. The van der Waals surface area contributed by atoms with Crippen LogP contribution in [0.1, 0.15) is 6.92 Å². The van der Waals surface area contributed by atoms with E-state index in [2.05, 4.69) is 5.32 Å². The van der Waals surface area contributed by atoms with Crippen molar-refractivity contribution in [2.75, 3.05) is 17.3 Å². The third kappa shape index (κ3) is 1.10. The van der Waals surface area contributed by atoms with E-state index in [1.807, 2.05) is 18.9 Å². The Morgan fingerprint density at radius 3 is 2.33 bits per heavy atom. The number of hydrogen-bond donors (Lipinski definition) is 1. The lowest BCUT2D eigenvalue weighted by Crippen LogP contribution is -2.38. The molecular formula is C9H14N4O2. The third-order valence-corrected chi connectivity index (χ3v) is 2.90. The van der Waals surface area contributed by atoms with Crippen molar-refractivity contribution < 1.29 is 0 Å². The van der Waals surface area contributed by atoms with Crippen LogP contribution in [0.25, 0.3) is 0 Å². The van der Waals surface area contributed by atoms with Crippen LogP contribution in [-0.4, -0.2) is 22.3 Å². The van der Waals surface area contributed by atoms with Gasteiger partial charge in [-0.3, -0.25) is 13.9 Å². The van der Waals surface area contributed by atoms with E-state index in [0.717, 1.165) is 4.57 Å². The Labute approximate surface area is 86.7 Å². The second kappa shape index (κ2) is 2.88. The first-order chi connectivity index (χ1) is 6.95. The maximum atomic E-state index is 11.8. The lowest BCUT2D eigenvalue weighted by Gasteiger charge is -2.18. The largest absolute Gasteiger partial charge is 0.358 e. The van der Waals surface area contributed by atoms with Crippen LogP contribution in [0, 0.1) is 0 Å². The Balaban J connectivity index is 2.87. The minimum absolute atomic E-state index is 0.0284. The van der Waals surface area contributed by atoms with Gasteiger partial charge in [0.1, 0.15) is 11.5 Å². The monoisotopic (exact) mass is 210 g/mol. The van der Waals surface area contributed by atoms with Crippen molar-refractivity contribution in [2.45, 2.75) is 13.1 Å². The van der Waals surface area contributed by atoms with Crippen LogP contribution in [-0.2, 0) is 14.1 Å². The normalized spacial score (nSPS) is 18.9. The fraction of sp³-hybridized carbons (Fsp3) is 0.556. The van der Waals surface area contributed by atoms with Gasteiger partial charge in [-0.15, -0.1) is 0 Å². The molecular weight excluding hydrogens is 196 g/mol. The summed E-state index contributed by atoms with van der Waals surface area (Å²) in [7, 11) is 4.99. The van der Waals surface area contributed by atoms with Gasteiger partial charge in [-0.05, 0) is 6.92 Å². The number of anilines is 2. The van der Waals surface area contributed by atoms with Crippen LogP contribution >= 0.6 is 0 Å². The molecule has 6 nitrogen and oxygen atoms in total. The van der Waals surface area contributed by atoms with Gasteiger partial charge in [-0.2, -0.15) is 0 Å². The third-order valence-electron chi connectivity index (χ3n) is 2.90. The minimum Gasteiger partial charge on any atom is -0.358 e. The molecule has 1 aromatic rings. The summed E-state index contributed by atoms with van der Waals surface area (Å²) >= 11 is 0. The van der Waals surface area contributed by atoms with E-state index in [9.17, 15) is 9.59 Å². The quantitative estimate of drug-likeness (QED) is 0.614. The van der Waals surface area contributed by atoms with Gasteiger partial charge < -0.3 is 10.2 Å². The summed E-state index contributed by atoms with van der Waals surface area (Å²) in [6.45, 7) is 1.93. The summed E-state index contributed by atoms with van der Waals surface area (Å²) in [5, 5.41) is 3.06. The fourth-order valence-corrected chi connectivity index (χ4v) is 1.86. The molecule has 15 heavy (non-hydrogen) atoms. The molecule has 2 rings (SSSR count). The maximum Gasteiger partial charge on any atom is 0.332 e. The van der Waals surface area contributed by atoms with Crippen LogP contribution in [0.4, 0.5) is 11.5 Å². The molecule has 0 fully saturated rings. The van der Waals surface area contributed by atoms with Crippen molar-refractivity contribution in [3.05, 3.63) is 20.8 Å². The van der Waals surface area contributed by atoms with Crippen LogP contribution in [0.5, 0.6) is 0 Å². The van der Waals surface area contributed by atoms with Crippen LogP contribution < -0.4 is 21.5 Å². The van der Waals surface area contributed by atoms with Crippen LogP contribution in [0.2, 0.25) is 0 Å². The fourth-order valence-electron chi connectivity index (χ4n) is 1.86. The van der Waals surface area contributed by atoms with E-state index in [4.69, 9.17) is 0 Å². The summed E-state index contributed by atoms with van der Waals surface area (Å²) in [6.07, 6.45) is 0.0284. The predicted molar refractivity (Wildman–Crippen MR) is 58.4 cm³/mol. The summed E-state index contributed by atoms with van der Waals surface area (Å²) in [6, 6.07) is 0. The molecule has 1 atom stereocenters. The van der Waals surface area contributed by atoms with Crippen molar-refractivity contribution in [3.8, 4) is 0 Å². The van der Waals surface area contributed by atoms with Crippen LogP contribution in [0.15, 0.2) is 9.59 Å². The number of aromatic nitrogens is 2. The molecule has 1 unspecified atom stereocenters. The zero-order chi connectivity index (χ0) is 11.3. The van der Waals surface area contributed by atoms with Crippen molar-refractivity contribution in [1.82, 2.24) is 9.13 Å². The zero-order valence-electron chi connectivity index (χ0n) is 9.24. The first kappa shape index (κ1) is 9.82. The van der Waals surface area contributed by atoms with E-state index in [0.29, 0.717) is 11.5 Å². The van der Waals surface area contributed by atoms with Crippen molar-refractivity contribution >= 4 is 11.5 Å². The van der Waals surface area contributed by atoms with E-state index >= 15 is 0 Å². The van der Waals surface area contributed by atoms with Gasteiger partial charge in [0.2, 0.25) is 0 Å². The van der Waals surface area contributed by atoms with Crippen molar-refractivity contribution in [2.24, 2.45) is 14.1 Å². The Kier molecular flexibility index (Phi) is 1.89. The molecule has 0 amide bonds. The molecule has 1 aliphatic rings. The van der Waals surface area contributed by atoms with Gasteiger partial charge in [-0.1, -0.05) is 0 Å².